The van der Waals surface area contributed by atoms with Crippen molar-refractivity contribution in [2.45, 2.75) is 26.3 Å². The lowest BCUT2D eigenvalue weighted by Crippen LogP contribution is -2.42. The summed E-state index contributed by atoms with van der Waals surface area (Å²) in [7, 11) is -3.47. The normalized spacial score (nSPS) is 14.2. The van der Waals surface area contributed by atoms with Crippen LogP contribution in [0.2, 0.25) is 0 Å². The Kier molecular flexibility index (Phi) is 2.45. The van der Waals surface area contributed by atoms with Crippen molar-refractivity contribution < 1.29 is 13.6 Å². The van der Waals surface area contributed by atoms with Gasteiger partial charge in [0.2, 0.25) is 10.0 Å². The molecule has 0 aromatic heterocycles. The van der Waals surface area contributed by atoms with Crippen LogP contribution >= 0.6 is 0 Å². The molecule has 5 heteroatoms. The van der Waals surface area contributed by atoms with Crippen LogP contribution in [0.1, 0.15) is 20.8 Å². The third-order valence-corrected chi connectivity index (χ3v) is 2.06. The third-order valence-electron chi connectivity index (χ3n) is 0.888. The van der Waals surface area contributed by atoms with Crippen LogP contribution < -0.4 is 0 Å². The molecule has 0 aliphatic heterocycles. The zero-order valence-electron chi connectivity index (χ0n) is 6.62. The van der Waals surface area contributed by atoms with E-state index in [0.29, 0.717) is 4.47 Å². The van der Waals surface area contributed by atoms with Crippen LogP contribution in [0.25, 0.3) is 0 Å². The lowest BCUT2D eigenvalue weighted by atomic mass is 10.1. The van der Waals surface area contributed by atoms with Crippen molar-refractivity contribution in [1.29, 1.82) is 0 Å². The Hall–Kier alpha value is -0.130. The second kappa shape index (κ2) is 2.48. The molecule has 62 valence electrons. The molecule has 0 aliphatic rings. The molecule has 0 aromatic rings. The highest BCUT2D eigenvalue weighted by Gasteiger charge is 2.27. The number of rotatable bonds is 1. The van der Waals surface area contributed by atoms with E-state index in [-0.39, 0.29) is 0 Å². The van der Waals surface area contributed by atoms with E-state index in [1.807, 2.05) is 0 Å². The van der Waals surface area contributed by atoms with Crippen molar-refractivity contribution in [3.63, 3.8) is 0 Å². The number of sulfonamides is 1. The van der Waals surface area contributed by atoms with Crippen LogP contribution in [0.4, 0.5) is 0 Å². The highest BCUT2D eigenvalue weighted by molar-refractivity contribution is 7.88. The molecule has 0 amide bonds. The average Bonchev–Trinajstić information content (AvgIpc) is 1.59. The average molecular weight is 167 g/mol. The molecule has 0 rings (SSSR count). The fourth-order valence-electron chi connectivity index (χ4n) is 0.497. The monoisotopic (exact) mass is 167 g/mol. The first-order valence-corrected chi connectivity index (χ1v) is 4.70. The lowest BCUT2D eigenvalue weighted by molar-refractivity contribution is -0.0662. The van der Waals surface area contributed by atoms with E-state index in [1.54, 1.807) is 20.8 Å². The molecule has 0 aliphatic carbocycles. The molecule has 0 saturated carbocycles. The number of hydrogen-bond donors (Lipinski definition) is 1. The van der Waals surface area contributed by atoms with E-state index in [9.17, 15) is 8.42 Å². The molecule has 0 heterocycles. The smallest absolute Gasteiger partial charge is 0.233 e. The van der Waals surface area contributed by atoms with Crippen LogP contribution in [-0.4, -0.2) is 29.9 Å². The van der Waals surface area contributed by atoms with E-state index in [1.165, 1.54) is 0 Å². The van der Waals surface area contributed by atoms with Gasteiger partial charge < -0.3 is 0 Å². The minimum atomic E-state index is -3.47. The van der Waals surface area contributed by atoms with Gasteiger partial charge in [-0.2, -0.15) is 0 Å². The highest BCUT2D eigenvalue weighted by atomic mass is 32.2. The minimum absolute atomic E-state index is 0.347. The largest absolute Gasteiger partial charge is 0.299 e. The first kappa shape index (κ1) is 9.87. The second-order valence-electron chi connectivity index (χ2n) is 3.18. The van der Waals surface area contributed by atoms with Crippen molar-refractivity contribution in [1.82, 2.24) is 4.47 Å². The van der Waals surface area contributed by atoms with Gasteiger partial charge in [-0.05, 0) is 20.8 Å². The van der Waals surface area contributed by atoms with Crippen LogP contribution in [0, 0.1) is 0 Å². The van der Waals surface area contributed by atoms with Crippen LogP contribution in [0.15, 0.2) is 0 Å². The van der Waals surface area contributed by atoms with Gasteiger partial charge in [0.25, 0.3) is 0 Å². The minimum Gasteiger partial charge on any atom is -0.299 e. The molecule has 10 heavy (non-hydrogen) atoms. The van der Waals surface area contributed by atoms with Crippen molar-refractivity contribution in [3.8, 4) is 0 Å². The van der Waals surface area contributed by atoms with E-state index in [0.717, 1.165) is 6.26 Å². The first-order valence-electron chi connectivity index (χ1n) is 2.85. The summed E-state index contributed by atoms with van der Waals surface area (Å²) >= 11 is 0. The summed E-state index contributed by atoms with van der Waals surface area (Å²) in [5.74, 6) is 0. The topological polar surface area (TPSA) is 57.6 Å². The van der Waals surface area contributed by atoms with Gasteiger partial charge in [0.1, 0.15) is 0 Å². The van der Waals surface area contributed by atoms with Crippen molar-refractivity contribution in [3.05, 3.63) is 0 Å². The van der Waals surface area contributed by atoms with E-state index in [4.69, 9.17) is 5.21 Å². The zero-order chi connectivity index (χ0) is 8.58. The third kappa shape index (κ3) is 2.64. The van der Waals surface area contributed by atoms with Crippen molar-refractivity contribution >= 4 is 10.0 Å². The molecule has 0 bridgehead atoms. The van der Waals surface area contributed by atoms with Gasteiger partial charge >= 0.3 is 0 Å². The summed E-state index contributed by atoms with van der Waals surface area (Å²) < 4.78 is 21.7. The molecule has 0 atom stereocenters. The predicted molar refractivity (Wildman–Crippen MR) is 38.2 cm³/mol. The SMILES string of the molecule is CC(C)(C)N(O)S(C)(=O)=O. The zero-order valence-corrected chi connectivity index (χ0v) is 7.44. The molecule has 0 unspecified atom stereocenters. The molecule has 0 fully saturated rings. The van der Waals surface area contributed by atoms with Gasteiger partial charge in [-0.25, -0.2) is 8.42 Å². The standard InChI is InChI=1S/C5H13NO3S/c1-5(2,3)6(7)10(4,8)9/h7H,1-4H3. The first-order chi connectivity index (χ1) is 4.15. The summed E-state index contributed by atoms with van der Waals surface area (Å²) in [4.78, 5) is 0. The van der Waals surface area contributed by atoms with Crippen LogP contribution in [-0.2, 0) is 10.0 Å². The van der Waals surface area contributed by atoms with E-state index >= 15 is 0 Å². The maximum Gasteiger partial charge on any atom is 0.233 e. The summed E-state index contributed by atoms with van der Waals surface area (Å²) in [5.41, 5.74) is -0.756. The van der Waals surface area contributed by atoms with Gasteiger partial charge in [-0.1, -0.05) is 4.47 Å². The van der Waals surface area contributed by atoms with Gasteiger partial charge in [-0.3, -0.25) is 5.21 Å². The Labute approximate surface area is 61.5 Å². The van der Waals surface area contributed by atoms with Gasteiger partial charge in [0.15, 0.2) is 0 Å². The summed E-state index contributed by atoms with van der Waals surface area (Å²) in [6.07, 6.45) is 0.957. The molecule has 0 spiro atoms. The Morgan fingerprint density at radius 3 is 1.60 bits per heavy atom. The van der Waals surface area contributed by atoms with Crippen LogP contribution in [0.3, 0.4) is 0 Å². The molecule has 0 aromatic carbocycles. The highest BCUT2D eigenvalue weighted by Crippen LogP contribution is 2.12. The maximum atomic E-state index is 10.7. The van der Waals surface area contributed by atoms with Gasteiger partial charge in [0.05, 0.1) is 11.8 Å². The number of hydrogen-bond acceptors (Lipinski definition) is 3. The Balaban J connectivity index is 4.56. The van der Waals surface area contributed by atoms with Gasteiger partial charge in [0, 0.05) is 0 Å². The van der Waals surface area contributed by atoms with Crippen molar-refractivity contribution in [2.24, 2.45) is 0 Å². The van der Waals surface area contributed by atoms with E-state index < -0.39 is 15.6 Å². The fourth-order valence-corrected chi connectivity index (χ4v) is 1.49. The van der Waals surface area contributed by atoms with Gasteiger partial charge in [-0.15, -0.1) is 0 Å². The molecule has 0 radical (unpaired) electrons. The van der Waals surface area contributed by atoms with E-state index in [2.05, 4.69) is 0 Å². The number of hydroxylamine groups is 1. The summed E-state index contributed by atoms with van der Waals surface area (Å²) in [5, 5.41) is 8.97. The fraction of sp³-hybridized carbons (Fsp3) is 1.00. The molecular weight excluding hydrogens is 154 g/mol. The quantitative estimate of drug-likeness (QED) is 0.576. The Morgan fingerprint density at radius 1 is 1.30 bits per heavy atom. The molecule has 0 saturated heterocycles. The van der Waals surface area contributed by atoms with Crippen molar-refractivity contribution in [2.75, 3.05) is 6.26 Å². The Morgan fingerprint density at radius 2 is 1.60 bits per heavy atom. The predicted octanol–water partition coefficient (Wildman–Crippen LogP) is 0.436. The number of nitrogens with zero attached hydrogens (tertiary/aromatic N) is 1. The maximum absolute atomic E-state index is 10.7. The summed E-state index contributed by atoms with van der Waals surface area (Å²) in [6.45, 7) is 4.82. The van der Waals surface area contributed by atoms with Crippen LogP contribution in [0.5, 0.6) is 0 Å². The Bertz CT molecular complexity index is 201. The lowest BCUT2D eigenvalue weighted by Gasteiger charge is -2.26. The molecule has 1 N–H and O–H groups in total. The molecule has 4 nitrogen and oxygen atoms in total. The summed E-state index contributed by atoms with van der Waals surface area (Å²) in [6, 6.07) is 0. The molecular formula is C5H13NO3S. The second-order valence-corrected chi connectivity index (χ2v) is 4.99.